The fourth-order valence-electron chi connectivity index (χ4n) is 2.86. The molecule has 1 atom stereocenters. The van der Waals surface area contributed by atoms with E-state index in [1.54, 1.807) is 0 Å². The van der Waals surface area contributed by atoms with Gasteiger partial charge in [-0.25, -0.2) is 0 Å². The second-order valence-electron chi connectivity index (χ2n) is 4.54. The summed E-state index contributed by atoms with van der Waals surface area (Å²) in [5.74, 6) is 0.179. The average molecular weight is 222 g/mol. The van der Waals surface area contributed by atoms with Crippen molar-refractivity contribution >= 4 is 17.5 Å². The maximum Gasteiger partial charge on any atom is 0.220 e. The molecule has 0 radical (unpaired) electrons. The Hall–Kier alpha value is -1.02. The fraction of sp³-hybridized carbons (Fsp3) is 0.417. The van der Waals surface area contributed by atoms with Gasteiger partial charge in [0.15, 0.2) is 0 Å². The first-order chi connectivity index (χ1) is 7.20. The summed E-state index contributed by atoms with van der Waals surface area (Å²) in [6.07, 6.45) is 2.76. The van der Waals surface area contributed by atoms with Gasteiger partial charge in [0, 0.05) is 23.4 Å². The number of carbonyl (C=O) groups excluding carboxylic acids is 1. The Morgan fingerprint density at radius 3 is 3.00 bits per heavy atom. The molecule has 1 N–H and O–H groups in total. The Balaban J connectivity index is 2.08. The highest BCUT2D eigenvalue weighted by molar-refractivity contribution is 6.30. The molecular weight excluding hydrogens is 210 g/mol. The Morgan fingerprint density at radius 2 is 2.27 bits per heavy atom. The molecule has 1 amide bonds. The molecule has 1 aliphatic carbocycles. The van der Waals surface area contributed by atoms with Gasteiger partial charge in [-0.3, -0.25) is 4.79 Å². The van der Waals surface area contributed by atoms with Crippen LogP contribution in [0, 0.1) is 0 Å². The second-order valence-corrected chi connectivity index (χ2v) is 4.97. The van der Waals surface area contributed by atoms with Crippen molar-refractivity contribution in [1.29, 1.82) is 0 Å². The summed E-state index contributed by atoms with van der Waals surface area (Å²) in [5.41, 5.74) is 2.71. The third-order valence-corrected chi connectivity index (χ3v) is 3.87. The summed E-state index contributed by atoms with van der Waals surface area (Å²) >= 11 is 5.96. The van der Waals surface area contributed by atoms with Gasteiger partial charge in [-0.1, -0.05) is 17.7 Å². The third kappa shape index (κ3) is 1.28. The number of hydrogen-bond acceptors (Lipinski definition) is 1. The van der Waals surface area contributed by atoms with E-state index in [-0.39, 0.29) is 11.3 Å². The first-order valence-corrected chi connectivity index (χ1v) is 5.63. The summed E-state index contributed by atoms with van der Waals surface area (Å²) in [4.78, 5) is 11.3. The Labute approximate surface area is 93.6 Å². The molecule has 1 heterocycles. The Kier molecular flexibility index (Phi) is 1.84. The number of rotatable bonds is 0. The molecule has 1 aliphatic heterocycles. The fourth-order valence-corrected chi connectivity index (χ4v) is 3.06. The van der Waals surface area contributed by atoms with Crippen LogP contribution in [0.15, 0.2) is 18.2 Å². The molecule has 0 aromatic heterocycles. The lowest BCUT2D eigenvalue weighted by Crippen LogP contribution is -2.25. The number of hydrogen-bond donors (Lipinski definition) is 1. The van der Waals surface area contributed by atoms with E-state index < -0.39 is 0 Å². The first kappa shape index (κ1) is 9.22. The van der Waals surface area contributed by atoms with E-state index in [4.69, 9.17) is 11.6 Å². The van der Waals surface area contributed by atoms with Gasteiger partial charge >= 0.3 is 0 Å². The normalized spacial score (nSPS) is 28.2. The number of amides is 1. The number of benzene rings is 1. The number of aryl methyl sites for hydroxylation is 1. The number of halogens is 1. The Morgan fingerprint density at radius 1 is 1.40 bits per heavy atom. The molecule has 1 fully saturated rings. The van der Waals surface area contributed by atoms with Gasteiger partial charge < -0.3 is 5.32 Å². The molecule has 15 heavy (non-hydrogen) atoms. The minimum atomic E-state index is 0.0665. The zero-order valence-electron chi connectivity index (χ0n) is 8.35. The van der Waals surface area contributed by atoms with Gasteiger partial charge in [0.05, 0.1) is 0 Å². The van der Waals surface area contributed by atoms with Crippen molar-refractivity contribution in [2.24, 2.45) is 0 Å². The molecule has 2 aliphatic rings. The zero-order chi connectivity index (χ0) is 10.5. The van der Waals surface area contributed by atoms with Crippen molar-refractivity contribution in [2.75, 3.05) is 6.54 Å². The molecule has 1 aromatic carbocycles. The summed E-state index contributed by atoms with van der Waals surface area (Å²) in [6.45, 7) is 0.792. The van der Waals surface area contributed by atoms with Crippen LogP contribution in [0.25, 0.3) is 0 Å². The van der Waals surface area contributed by atoms with Crippen molar-refractivity contribution in [3.8, 4) is 0 Å². The molecule has 1 unspecified atom stereocenters. The van der Waals surface area contributed by atoms with Gasteiger partial charge in [-0.15, -0.1) is 0 Å². The monoisotopic (exact) mass is 221 g/mol. The van der Waals surface area contributed by atoms with E-state index in [1.807, 2.05) is 12.1 Å². The maximum absolute atomic E-state index is 11.3. The molecule has 0 saturated carbocycles. The molecule has 1 saturated heterocycles. The Bertz CT molecular complexity index is 443. The molecule has 3 heteroatoms. The van der Waals surface area contributed by atoms with E-state index in [0.717, 1.165) is 24.4 Å². The largest absolute Gasteiger partial charge is 0.355 e. The van der Waals surface area contributed by atoms with Gasteiger partial charge in [0.25, 0.3) is 0 Å². The van der Waals surface area contributed by atoms with Crippen molar-refractivity contribution in [3.05, 3.63) is 34.3 Å². The first-order valence-electron chi connectivity index (χ1n) is 5.25. The van der Waals surface area contributed by atoms with Crippen LogP contribution in [0.2, 0.25) is 5.02 Å². The smallest absolute Gasteiger partial charge is 0.220 e. The summed E-state index contributed by atoms with van der Waals surface area (Å²) in [7, 11) is 0. The van der Waals surface area contributed by atoms with Crippen LogP contribution in [0.4, 0.5) is 0 Å². The second kappa shape index (κ2) is 2.99. The minimum Gasteiger partial charge on any atom is -0.355 e. The van der Waals surface area contributed by atoms with Crippen LogP contribution in [0.3, 0.4) is 0 Å². The van der Waals surface area contributed by atoms with E-state index in [9.17, 15) is 4.79 Å². The van der Waals surface area contributed by atoms with Crippen LogP contribution in [0.1, 0.15) is 24.0 Å². The SMILES string of the molecule is O=C1CC2(CCc3cc(Cl)ccc32)CN1. The van der Waals surface area contributed by atoms with Gasteiger partial charge in [-0.2, -0.15) is 0 Å². The third-order valence-electron chi connectivity index (χ3n) is 3.63. The number of nitrogens with one attached hydrogen (secondary N) is 1. The lowest BCUT2D eigenvalue weighted by Gasteiger charge is -2.21. The standard InChI is InChI=1S/C12H12ClNO/c13-9-1-2-10-8(5-9)3-4-12(10)6-11(15)14-7-12/h1-2,5H,3-4,6-7H2,(H,14,15). The average Bonchev–Trinajstić information content (AvgIpc) is 2.73. The highest BCUT2D eigenvalue weighted by Crippen LogP contribution is 2.44. The van der Waals surface area contributed by atoms with E-state index in [2.05, 4.69) is 11.4 Å². The van der Waals surface area contributed by atoms with E-state index >= 15 is 0 Å². The summed E-state index contributed by atoms with van der Waals surface area (Å²) in [5, 5.41) is 3.73. The number of carbonyl (C=O) groups is 1. The predicted octanol–water partition coefficient (Wildman–Crippen LogP) is 2.04. The predicted molar refractivity (Wildman–Crippen MR) is 59.1 cm³/mol. The van der Waals surface area contributed by atoms with Crippen LogP contribution in [-0.4, -0.2) is 12.5 Å². The minimum absolute atomic E-state index is 0.0665. The van der Waals surface area contributed by atoms with Crippen LogP contribution >= 0.6 is 11.6 Å². The molecule has 1 aromatic rings. The van der Waals surface area contributed by atoms with Crippen molar-refractivity contribution in [3.63, 3.8) is 0 Å². The van der Waals surface area contributed by atoms with Gasteiger partial charge in [-0.05, 0) is 36.1 Å². The van der Waals surface area contributed by atoms with E-state index in [0.29, 0.717) is 6.42 Å². The lowest BCUT2D eigenvalue weighted by atomic mass is 9.81. The summed E-state index contributed by atoms with van der Waals surface area (Å²) < 4.78 is 0. The van der Waals surface area contributed by atoms with Gasteiger partial charge in [0.1, 0.15) is 0 Å². The number of fused-ring (bicyclic) bond motifs is 2. The van der Waals surface area contributed by atoms with Crippen LogP contribution < -0.4 is 5.32 Å². The van der Waals surface area contributed by atoms with Crippen molar-refractivity contribution in [1.82, 2.24) is 5.32 Å². The zero-order valence-corrected chi connectivity index (χ0v) is 9.10. The van der Waals surface area contributed by atoms with Crippen molar-refractivity contribution in [2.45, 2.75) is 24.7 Å². The highest BCUT2D eigenvalue weighted by atomic mass is 35.5. The van der Waals surface area contributed by atoms with E-state index in [1.165, 1.54) is 11.1 Å². The molecule has 1 spiro atoms. The molecule has 0 bridgehead atoms. The van der Waals surface area contributed by atoms with Gasteiger partial charge in [0.2, 0.25) is 5.91 Å². The lowest BCUT2D eigenvalue weighted by molar-refractivity contribution is -0.119. The van der Waals surface area contributed by atoms with Crippen LogP contribution in [-0.2, 0) is 16.6 Å². The molecular formula is C12H12ClNO. The quantitative estimate of drug-likeness (QED) is 0.714. The topological polar surface area (TPSA) is 29.1 Å². The molecule has 78 valence electrons. The molecule has 3 rings (SSSR count). The summed E-state index contributed by atoms with van der Waals surface area (Å²) in [6, 6.07) is 6.05. The highest BCUT2D eigenvalue weighted by Gasteiger charge is 2.44. The van der Waals surface area contributed by atoms with Crippen molar-refractivity contribution < 1.29 is 4.79 Å². The maximum atomic E-state index is 11.3. The van der Waals surface area contributed by atoms with Crippen LogP contribution in [0.5, 0.6) is 0 Å². The molecule has 2 nitrogen and oxygen atoms in total.